The molecule has 6 heteroatoms. The summed E-state index contributed by atoms with van der Waals surface area (Å²) < 4.78 is 27.2. The van der Waals surface area contributed by atoms with E-state index in [1.54, 1.807) is 22.5 Å². The first-order valence-corrected chi connectivity index (χ1v) is 8.59. The molecule has 0 bridgehead atoms. The SMILES string of the molecule is NCc1ccccc1S(=O)(=O)N1CCN2CCCC2C1. The fraction of sp³-hybridized carbons (Fsp3) is 0.571. The minimum Gasteiger partial charge on any atom is -0.326 e. The third-order valence-corrected chi connectivity index (χ3v) is 6.33. The number of piperazine rings is 1. The van der Waals surface area contributed by atoms with Gasteiger partial charge in [-0.15, -0.1) is 0 Å². The molecule has 2 fully saturated rings. The smallest absolute Gasteiger partial charge is 0.243 e. The molecule has 5 nitrogen and oxygen atoms in total. The molecule has 0 radical (unpaired) electrons. The Bertz CT molecular complexity index is 588. The monoisotopic (exact) mass is 295 g/mol. The normalized spacial score (nSPS) is 24.8. The predicted octanol–water partition coefficient (Wildman–Crippen LogP) is 0.614. The van der Waals surface area contributed by atoms with Crippen molar-refractivity contribution in [1.82, 2.24) is 9.21 Å². The lowest BCUT2D eigenvalue weighted by Gasteiger charge is -2.36. The maximum absolute atomic E-state index is 12.8. The van der Waals surface area contributed by atoms with Crippen LogP contribution in [0.25, 0.3) is 0 Å². The lowest BCUT2D eigenvalue weighted by Crippen LogP contribution is -2.52. The van der Waals surface area contributed by atoms with Crippen LogP contribution in [0.3, 0.4) is 0 Å². The van der Waals surface area contributed by atoms with Gasteiger partial charge in [0.25, 0.3) is 0 Å². The minimum atomic E-state index is -3.42. The molecule has 2 aliphatic rings. The number of nitrogens with zero attached hydrogens (tertiary/aromatic N) is 2. The van der Waals surface area contributed by atoms with Crippen molar-refractivity contribution in [1.29, 1.82) is 0 Å². The van der Waals surface area contributed by atoms with Crippen LogP contribution in [0.1, 0.15) is 18.4 Å². The van der Waals surface area contributed by atoms with Crippen LogP contribution in [0.4, 0.5) is 0 Å². The first kappa shape index (κ1) is 14.0. The van der Waals surface area contributed by atoms with E-state index < -0.39 is 10.0 Å². The van der Waals surface area contributed by atoms with Gasteiger partial charge in [0, 0.05) is 32.2 Å². The number of sulfonamides is 1. The zero-order valence-corrected chi connectivity index (χ0v) is 12.3. The summed E-state index contributed by atoms with van der Waals surface area (Å²) in [5, 5.41) is 0. The van der Waals surface area contributed by atoms with Gasteiger partial charge < -0.3 is 5.73 Å². The van der Waals surface area contributed by atoms with Crippen LogP contribution in [0.15, 0.2) is 29.2 Å². The van der Waals surface area contributed by atoms with Crippen LogP contribution in [0.2, 0.25) is 0 Å². The summed E-state index contributed by atoms with van der Waals surface area (Å²) in [5.74, 6) is 0. The van der Waals surface area contributed by atoms with Crippen molar-refractivity contribution >= 4 is 10.0 Å². The van der Waals surface area contributed by atoms with Crippen molar-refractivity contribution in [2.45, 2.75) is 30.3 Å². The summed E-state index contributed by atoms with van der Waals surface area (Å²) in [6.07, 6.45) is 2.28. The molecule has 1 atom stereocenters. The van der Waals surface area contributed by atoms with E-state index in [1.807, 2.05) is 6.07 Å². The first-order chi connectivity index (χ1) is 9.63. The largest absolute Gasteiger partial charge is 0.326 e. The Morgan fingerprint density at radius 3 is 2.80 bits per heavy atom. The van der Waals surface area contributed by atoms with Gasteiger partial charge >= 0.3 is 0 Å². The first-order valence-electron chi connectivity index (χ1n) is 7.15. The highest BCUT2D eigenvalue weighted by molar-refractivity contribution is 7.89. The average Bonchev–Trinajstić information content (AvgIpc) is 2.94. The van der Waals surface area contributed by atoms with Gasteiger partial charge in [0.15, 0.2) is 0 Å². The van der Waals surface area contributed by atoms with E-state index >= 15 is 0 Å². The number of hydrogen-bond acceptors (Lipinski definition) is 4. The maximum Gasteiger partial charge on any atom is 0.243 e. The molecule has 2 N–H and O–H groups in total. The van der Waals surface area contributed by atoms with E-state index in [9.17, 15) is 8.42 Å². The van der Waals surface area contributed by atoms with Crippen molar-refractivity contribution < 1.29 is 8.42 Å². The topological polar surface area (TPSA) is 66.6 Å². The Balaban J connectivity index is 1.88. The number of fused-ring (bicyclic) bond motifs is 1. The van der Waals surface area contributed by atoms with E-state index in [-0.39, 0.29) is 6.54 Å². The lowest BCUT2D eigenvalue weighted by molar-refractivity contribution is 0.158. The summed E-state index contributed by atoms with van der Waals surface area (Å²) in [5.41, 5.74) is 6.37. The lowest BCUT2D eigenvalue weighted by atomic mass is 10.2. The Hall–Kier alpha value is -0.950. The van der Waals surface area contributed by atoms with Gasteiger partial charge in [-0.1, -0.05) is 18.2 Å². The standard InChI is InChI=1S/C14H21N3O2S/c15-10-12-4-1-2-6-14(12)20(18,19)17-9-8-16-7-3-5-13(16)11-17/h1-2,4,6,13H,3,5,7-11,15H2. The highest BCUT2D eigenvalue weighted by Gasteiger charge is 2.36. The fourth-order valence-electron chi connectivity index (χ4n) is 3.24. The quantitative estimate of drug-likeness (QED) is 0.887. The molecule has 0 amide bonds. The van der Waals surface area contributed by atoms with Crippen LogP contribution >= 0.6 is 0 Å². The van der Waals surface area contributed by atoms with E-state index in [4.69, 9.17) is 5.73 Å². The molecule has 0 saturated carbocycles. The summed E-state index contributed by atoms with van der Waals surface area (Å²) >= 11 is 0. The zero-order valence-electron chi connectivity index (χ0n) is 11.5. The van der Waals surface area contributed by atoms with E-state index in [2.05, 4.69) is 4.90 Å². The third-order valence-electron chi connectivity index (χ3n) is 4.36. The number of nitrogens with two attached hydrogens (primary N) is 1. The maximum atomic E-state index is 12.8. The molecule has 1 unspecified atom stereocenters. The van der Waals surface area contributed by atoms with E-state index in [1.165, 1.54) is 6.42 Å². The number of hydrogen-bond donors (Lipinski definition) is 1. The van der Waals surface area contributed by atoms with E-state index in [0.29, 0.717) is 29.6 Å². The van der Waals surface area contributed by atoms with Crippen molar-refractivity contribution in [2.24, 2.45) is 5.73 Å². The highest BCUT2D eigenvalue weighted by atomic mass is 32.2. The summed E-state index contributed by atoms with van der Waals surface area (Å²) in [6.45, 7) is 3.39. The van der Waals surface area contributed by atoms with Gasteiger partial charge in [-0.3, -0.25) is 4.90 Å². The Morgan fingerprint density at radius 2 is 2.00 bits per heavy atom. The van der Waals surface area contributed by atoms with E-state index in [0.717, 1.165) is 19.5 Å². The molecule has 110 valence electrons. The average molecular weight is 295 g/mol. The second-order valence-electron chi connectivity index (χ2n) is 5.51. The Labute approximate surface area is 120 Å². The third kappa shape index (κ3) is 2.37. The summed E-state index contributed by atoms with van der Waals surface area (Å²) in [4.78, 5) is 2.77. The van der Waals surface area contributed by atoms with Gasteiger partial charge in [-0.05, 0) is 31.0 Å². The number of benzene rings is 1. The molecular formula is C14H21N3O2S. The fourth-order valence-corrected chi connectivity index (χ4v) is 4.95. The Morgan fingerprint density at radius 1 is 1.20 bits per heavy atom. The van der Waals surface area contributed by atoms with Crippen LogP contribution in [-0.2, 0) is 16.6 Å². The van der Waals surface area contributed by atoms with Crippen molar-refractivity contribution in [3.05, 3.63) is 29.8 Å². The van der Waals surface area contributed by atoms with Crippen molar-refractivity contribution in [3.8, 4) is 0 Å². The van der Waals surface area contributed by atoms with Gasteiger partial charge in [0.2, 0.25) is 10.0 Å². The molecule has 1 aromatic rings. The second kappa shape index (κ2) is 5.44. The summed E-state index contributed by atoms with van der Waals surface area (Å²) in [6, 6.07) is 7.44. The molecule has 0 aliphatic carbocycles. The molecule has 0 aromatic heterocycles. The second-order valence-corrected chi connectivity index (χ2v) is 7.41. The minimum absolute atomic E-state index is 0.249. The van der Waals surface area contributed by atoms with Crippen LogP contribution < -0.4 is 5.73 Å². The van der Waals surface area contributed by atoms with Gasteiger partial charge in [-0.2, -0.15) is 4.31 Å². The summed E-state index contributed by atoms with van der Waals surface area (Å²) in [7, 11) is -3.42. The van der Waals surface area contributed by atoms with Gasteiger partial charge in [0.1, 0.15) is 0 Å². The Kier molecular flexibility index (Phi) is 3.81. The molecular weight excluding hydrogens is 274 g/mol. The molecule has 1 aromatic carbocycles. The molecule has 0 spiro atoms. The molecule has 2 aliphatic heterocycles. The zero-order chi connectivity index (χ0) is 14.2. The van der Waals surface area contributed by atoms with Crippen LogP contribution in [0.5, 0.6) is 0 Å². The number of rotatable bonds is 3. The molecule has 3 rings (SSSR count). The predicted molar refractivity (Wildman–Crippen MR) is 77.7 cm³/mol. The highest BCUT2D eigenvalue weighted by Crippen LogP contribution is 2.27. The molecule has 2 saturated heterocycles. The van der Waals surface area contributed by atoms with Gasteiger partial charge in [0.05, 0.1) is 4.90 Å². The molecule has 2 heterocycles. The molecule has 20 heavy (non-hydrogen) atoms. The van der Waals surface area contributed by atoms with Crippen molar-refractivity contribution in [3.63, 3.8) is 0 Å². The van der Waals surface area contributed by atoms with Crippen LogP contribution in [-0.4, -0.2) is 49.8 Å². The van der Waals surface area contributed by atoms with Gasteiger partial charge in [-0.25, -0.2) is 8.42 Å². The van der Waals surface area contributed by atoms with Crippen molar-refractivity contribution in [2.75, 3.05) is 26.2 Å². The van der Waals surface area contributed by atoms with Crippen LogP contribution in [0, 0.1) is 0 Å².